The van der Waals surface area contributed by atoms with Gasteiger partial charge in [-0.25, -0.2) is 0 Å². The Morgan fingerprint density at radius 3 is 3.08 bits per heavy atom. The summed E-state index contributed by atoms with van der Waals surface area (Å²) in [6.07, 6.45) is 4.90. The lowest BCUT2D eigenvalue weighted by Crippen LogP contribution is -2.34. The van der Waals surface area contributed by atoms with Gasteiger partial charge in [0.05, 0.1) is 5.60 Å². The van der Waals surface area contributed by atoms with E-state index in [0.29, 0.717) is 0 Å². The van der Waals surface area contributed by atoms with Crippen LogP contribution in [-0.2, 0) is 4.84 Å². The minimum absolute atomic E-state index is 0.0301. The first-order valence-electron chi connectivity index (χ1n) is 4.52. The molecular weight excluding hydrogens is 152 g/mol. The number of hydroxylamine groups is 1. The molecule has 1 unspecified atom stereocenters. The predicted octanol–water partition coefficient (Wildman–Crippen LogP) is 1.18. The topological polar surface area (TPSA) is 33.3 Å². The second-order valence-corrected chi connectivity index (χ2v) is 3.48. The van der Waals surface area contributed by atoms with Crippen molar-refractivity contribution < 1.29 is 4.84 Å². The van der Waals surface area contributed by atoms with Gasteiger partial charge in [-0.15, -0.1) is 0 Å². The zero-order chi connectivity index (χ0) is 8.86. The highest BCUT2D eigenvalue weighted by Gasteiger charge is 2.26. The van der Waals surface area contributed by atoms with Gasteiger partial charge in [-0.3, -0.25) is 10.3 Å². The maximum atomic E-state index is 5.49. The van der Waals surface area contributed by atoms with Crippen LogP contribution in [0.1, 0.15) is 26.2 Å². The summed E-state index contributed by atoms with van der Waals surface area (Å²) in [6.45, 7) is 7.82. The molecule has 0 saturated carbocycles. The molecular formula is C9H18N2O. The third kappa shape index (κ3) is 2.83. The van der Waals surface area contributed by atoms with Crippen LogP contribution in [0.3, 0.4) is 0 Å². The standard InChI is InChI=1S/C9H18N2O/c1-3-11-12-9(2)5-4-7-10-8-6-9/h3,10-11H,1,4-8H2,2H3. The SMILES string of the molecule is C=CNOC1(C)CCCNCC1. The molecule has 1 aliphatic rings. The molecule has 1 heterocycles. The minimum Gasteiger partial charge on any atom is -0.317 e. The third-order valence-electron chi connectivity index (χ3n) is 2.28. The zero-order valence-electron chi connectivity index (χ0n) is 7.73. The van der Waals surface area contributed by atoms with Gasteiger partial charge >= 0.3 is 0 Å². The van der Waals surface area contributed by atoms with Crippen molar-refractivity contribution in [2.75, 3.05) is 13.1 Å². The van der Waals surface area contributed by atoms with Crippen LogP contribution in [0.5, 0.6) is 0 Å². The first kappa shape index (κ1) is 9.55. The zero-order valence-corrected chi connectivity index (χ0v) is 7.73. The normalized spacial score (nSPS) is 30.8. The fourth-order valence-electron chi connectivity index (χ4n) is 1.48. The average Bonchev–Trinajstić information content (AvgIpc) is 2.27. The van der Waals surface area contributed by atoms with Gasteiger partial charge < -0.3 is 5.32 Å². The molecule has 1 saturated heterocycles. The molecule has 0 aliphatic carbocycles. The number of hydrogen-bond acceptors (Lipinski definition) is 3. The molecule has 1 rings (SSSR count). The molecule has 0 radical (unpaired) electrons. The summed E-state index contributed by atoms with van der Waals surface area (Å²) in [7, 11) is 0. The molecule has 1 fully saturated rings. The summed E-state index contributed by atoms with van der Waals surface area (Å²) in [5.74, 6) is 0. The molecule has 0 spiro atoms. The van der Waals surface area contributed by atoms with Gasteiger partial charge in [-0.05, 0) is 39.3 Å². The second kappa shape index (κ2) is 4.48. The predicted molar refractivity (Wildman–Crippen MR) is 49.5 cm³/mol. The Hall–Kier alpha value is -0.540. The quantitative estimate of drug-likeness (QED) is 0.624. The summed E-state index contributed by atoms with van der Waals surface area (Å²) in [6, 6.07) is 0. The molecule has 0 aromatic heterocycles. The van der Waals surface area contributed by atoms with E-state index in [9.17, 15) is 0 Å². The van der Waals surface area contributed by atoms with Gasteiger partial charge in [0.2, 0.25) is 0 Å². The van der Waals surface area contributed by atoms with E-state index in [1.165, 1.54) is 6.42 Å². The molecule has 70 valence electrons. The Morgan fingerprint density at radius 1 is 1.50 bits per heavy atom. The number of hydrogen-bond donors (Lipinski definition) is 2. The smallest absolute Gasteiger partial charge is 0.0944 e. The van der Waals surface area contributed by atoms with Gasteiger partial charge in [0.15, 0.2) is 0 Å². The lowest BCUT2D eigenvalue weighted by molar-refractivity contribution is -0.0839. The van der Waals surface area contributed by atoms with Crippen molar-refractivity contribution in [2.45, 2.75) is 31.8 Å². The summed E-state index contributed by atoms with van der Waals surface area (Å²) in [4.78, 5) is 5.49. The molecule has 1 aliphatic heterocycles. The van der Waals surface area contributed by atoms with Crippen molar-refractivity contribution in [2.24, 2.45) is 0 Å². The van der Waals surface area contributed by atoms with Crippen LogP contribution in [0.25, 0.3) is 0 Å². The third-order valence-corrected chi connectivity index (χ3v) is 2.28. The van der Waals surface area contributed by atoms with E-state index in [2.05, 4.69) is 24.3 Å². The van der Waals surface area contributed by atoms with Crippen LogP contribution in [0, 0.1) is 0 Å². The molecule has 0 bridgehead atoms. The molecule has 3 nitrogen and oxygen atoms in total. The lowest BCUT2D eigenvalue weighted by atomic mass is 9.98. The van der Waals surface area contributed by atoms with Crippen molar-refractivity contribution in [1.29, 1.82) is 0 Å². The van der Waals surface area contributed by atoms with Crippen molar-refractivity contribution in [1.82, 2.24) is 10.8 Å². The van der Waals surface area contributed by atoms with E-state index in [0.717, 1.165) is 25.9 Å². The highest BCUT2D eigenvalue weighted by molar-refractivity contribution is 4.79. The molecule has 0 amide bonds. The Morgan fingerprint density at radius 2 is 2.33 bits per heavy atom. The largest absolute Gasteiger partial charge is 0.317 e. The molecule has 1 atom stereocenters. The van der Waals surface area contributed by atoms with Crippen LogP contribution >= 0.6 is 0 Å². The lowest BCUT2D eigenvalue weighted by Gasteiger charge is -2.26. The molecule has 0 aromatic carbocycles. The molecule has 0 aromatic rings. The van der Waals surface area contributed by atoms with Gasteiger partial charge in [-0.2, -0.15) is 0 Å². The summed E-state index contributed by atoms with van der Waals surface area (Å²) < 4.78 is 0. The van der Waals surface area contributed by atoms with Crippen LogP contribution in [-0.4, -0.2) is 18.7 Å². The fraction of sp³-hybridized carbons (Fsp3) is 0.778. The summed E-state index contributed by atoms with van der Waals surface area (Å²) in [5, 5.41) is 3.35. The van der Waals surface area contributed by atoms with E-state index < -0.39 is 0 Å². The van der Waals surface area contributed by atoms with E-state index in [4.69, 9.17) is 4.84 Å². The van der Waals surface area contributed by atoms with Crippen molar-refractivity contribution in [3.05, 3.63) is 12.8 Å². The van der Waals surface area contributed by atoms with E-state index >= 15 is 0 Å². The summed E-state index contributed by atoms with van der Waals surface area (Å²) in [5.41, 5.74) is 2.69. The second-order valence-electron chi connectivity index (χ2n) is 3.48. The Balaban J connectivity index is 2.36. The molecule has 3 heteroatoms. The van der Waals surface area contributed by atoms with Crippen LogP contribution in [0.2, 0.25) is 0 Å². The highest BCUT2D eigenvalue weighted by Crippen LogP contribution is 2.21. The molecule has 2 N–H and O–H groups in total. The number of rotatable bonds is 3. The van der Waals surface area contributed by atoms with Crippen LogP contribution in [0.15, 0.2) is 12.8 Å². The molecule has 12 heavy (non-hydrogen) atoms. The van der Waals surface area contributed by atoms with Crippen LogP contribution in [0.4, 0.5) is 0 Å². The maximum Gasteiger partial charge on any atom is 0.0944 e. The van der Waals surface area contributed by atoms with Crippen molar-refractivity contribution in [3.63, 3.8) is 0 Å². The van der Waals surface area contributed by atoms with Crippen LogP contribution < -0.4 is 10.8 Å². The summed E-state index contributed by atoms with van der Waals surface area (Å²) >= 11 is 0. The van der Waals surface area contributed by atoms with Crippen molar-refractivity contribution >= 4 is 0 Å². The minimum atomic E-state index is -0.0301. The van der Waals surface area contributed by atoms with Crippen molar-refractivity contribution in [3.8, 4) is 0 Å². The Bertz CT molecular complexity index is 139. The highest BCUT2D eigenvalue weighted by atomic mass is 16.7. The first-order chi connectivity index (χ1) is 5.77. The fourth-order valence-corrected chi connectivity index (χ4v) is 1.48. The monoisotopic (exact) mass is 170 g/mol. The van der Waals surface area contributed by atoms with Gasteiger partial charge in [0, 0.05) is 6.20 Å². The van der Waals surface area contributed by atoms with E-state index in [1.807, 2.05) is 0 Å². The Labute approximate surface area is 74.1 Å². The van der Waals surface area contributed by atoms with Gasteiger partial charge in [0.25, 0.3) is 0 Å². The maximum absolute atomic E-state index is 5.49. The van der Waals surface area contributed by atoms with E-state index in [-0.39, 0.29) is 5.60 Å². The van der Waals surface area contributed by atoms with Gasteiger partial charge in [-0.1, -0.05) is 6.58 Å². The number of nitrogens with one attached hydrogen (secondary N) is 2. The average molecular weight is 170 g/mol. The van der Waals surface area contributed by atoms with E-state index in [1.54, 1.807) is 6.20 Å². The van der Waals surface area contributed by atoms with Gasteiger partial charge in [0.1, 0.15) is 0 Å². The first-order valence-corrected chi connectivity index (χ1v) is 4.52. The Kier molecular flexibility index (Phi) is 3.56.